The molecule has 0 aliphatic rings. The molecule has 0 radical (unpaired) electrons. The molecule has 1 heterocycles. The number of aromatic nitrogens is 1. The minimum absolute atomic E-state index is 0.241. The Morgan fingerprint density at radius 2 is 2.11 bits per heavy atom. The van der Waals surface area contributed by atoms with Gasteiger partial charge >= 0.3 is 0 Å². The molecule has 0 spiro atoms. The third-order valence-electron chi connectivity index (χ3n) is 2.29. The zero-order valence-corrected chi connectivity index (χ0v) is 9.85. The van der Waals surface area contributed by atoms with Gasteiger partial charge in [0, 0.05) is 22.7 Å². The Kier molecular flexibility index (Phi) is 3.82. The highest BCUT2D eigenvalue weighted by Crippen LogP contribution is 2.20. The number of rotatable bonds is 5. The molecule has 96 valence electrons. The zero-order valence-electron chi connectivity index (χ0n) is 9.85. The Bertz CT molecular complexity index is 599. The lowest BCUT2D eigenvalue weighted by molar-refractivity contribution is -0.465. The van der Waals surface area contributed by atoms with E-state index in [9.17, 15) is 14.9 Å². The summed E-state index contributed by atoms with van der Waals surface area (Å²) < 4.78 is 5.44. The summed E-state index contributed by atoms with van der Waals surface area (Å²) in [6.07, 6.45) is 1.58. The molecule has 6 nitrogen and oxygen atoms in total. The first-order valence-electron chi connectivity index (χ1n) is 5.49. The van der Waals surface area contributed by atoms with Crippen molar-refractivity contribution in [2.24, 2.45) is 0 Å². The normalized spacial score (nSPS) is 9.89. The predicted molar refractivity (Wildman–Crippen MR) is 66.9 cm³/mol. The van der Waals surface area contributed by atoms with E-state index in [1.165, 1.54) is 12.1 Å². The van der Waals surface area contributed by atoms with Gasteiger partial charge in [0.2, 0.25) is 11.7 Å². The van der Waals surface area contributed by atoms with Gasteiger partial charge in [0.15, 0.2) is 0 Å². The molecule has 0 unspecified atom stereocenters. The van der Waals surface area contributed by atoms with Crippen LogP contribution < -0.4 is 4.74 Å². The van der Waals surface area contributed by atoms with E-state index in [4.69, 9.17) is 4.74 Å². The van der Waals surface area contributed by atoms with Gasteiger partial charge in [-0.2, -0.15) is 0 Å². The molecule has 0 N–H and O–H groups in total. The highest BCUT2D eigenvalue weighted by Gasteiger charge is 2.13. The number of nitrogens with zero attached hydrogens (tertiary/aromatic N) is 2. The highest BCUT2D eigenvalue weighted by atomic mass is 16.6. The van der Waals surface area contributed by atoms with Crippen LogP contribution in [-0.2, 0) is 0 Å². The lowest BCUT2D eigenvalue weighted by Crippen LogP contribution is -2.13. The van der Waals surface area contributed by atoms with Gasteiger partial charge in [-0.15, -0.1) is 0 Å². The van der Waals surface area contributed by atoms with Crippen molar-refractivity contribution in [1.29, 1.82) is 0 Å². The summed E-state index contributed by atoms with van der Waals surface area (Å²) in [5, 5.41) is 10.3. The van der Waals surface area contributed by atoms with Gasteiger partial charge in [-0.1, -0.05) is 18.2 Å². The molecule has 19 heavy (non-hydrogen) atoms. The SMILES string of the molecule is O=C(C[N+](=O)[O-])c1cccc(Oc2ccccn2)c1. The minimum Gasteiger partial charge on any atom is -0.439 e. The van der Waals surface area contributed by atoms with Crippen molar-refractivity contribution in [3.05, 3.63) is 64.3 Å². The van der Waals surface area contributed by atoms with Gasteiger partial charge in [-0.25, -0.2) is 4.98 Å². The van der Waals surface area contributed by atoms with Crippen LogP contribution in [0.15, 0.2) is 48.7 Å². The maximum Gasteiger partial charge on any atom is 0.265 e. The van der Waals surface area contributed by atoms with E-state index in [0.29, 0.717) is 11.6 Å². The maximum atomic E-state index is 11.5. The molecule has 0 aliphatic heterocycles. The van der Waals surface area contributed by atoms with Crippen LogP contribution in [0.2, 0.25) is 0 Å². The summed E-state index contributed by atoms with van der Waals surface area (Å²) in [6, 6.07) is 11.4. The predicted octanol–water partition coefficient (Wildman–Crippen LogP) is 2.33. The van der Waals surface area contributed by atoms with Crippen LogP contribution in [0.5, 0.6) is 11.6 Å². The number of hydrogen-bond donors (Lipinski definition) is 0. The summed E-state index contributed by atoms with van der Waals surface area (Å²) in [7, 11) is 0. The van der Waals surface area contributed by atoms with Crippen molar-refractivity contribution in [1.82, 2.24) is 4.98 Å². The summed E-state index contributed by atoms with van der Waals surface area (Å²) in [6.45, 7) is -0.729. The van der Waals surface area contributed by atoms with Crippen molar-refractivity contribution in [2.45, 2.75) is 0 Å². The molecular formula is C13H10N2O4. The van der Waals surface area contributed by atoms with E-state index in [1.807, 2.05) is 0 Å². The zero-order chi connectivity index (χ0) is 13.7. The number of carbonyl (C=O) groups is 1. The standard InChI is InChI=1S/C13H10N2O4/c16-12(9-15(17)18)10-4-3-5-11(8-10)19-13-6-1-2-7-14-13/h1-8H,9H2. The van der Waals surface area contributed by atoms with E-state index in [-0.39, 0.29) is 5.56 Å². The summed E-state index contributed by atoms with van der Waals surface area (Å²) in [4.78, 5) is 25.2. The van der Waals surface area contributed by atoms with Crippen LogP contribution in [0.1, 0.15) is 10.4 Å². The molecule has 2 rings (SSSR count). The number of ether oxygens (including phenoxy) is 1. The minimum atomic E-state index is -0.729. The number of carbonyl (C=O) groups excluding carboxylic acids is 1. The summed E-state index contributed by atoms with van der Waals surface area (Å²) in [5.74, 6) is 0.241. The Labute approximate surface area is 108 Å². The number of ketones is 1. The maximum absolute atomic E-state index is 11.5. The fourth-order valence-electron chi connectivity index (χ4n) is 1.47. The number of benzene rings is 1. The fraction of sp³-hybridized carbons (Fsp3) is 0.0769. The highest BCUT2D eigenvalue weighted by molar-refractivity contribution is 5.97. The number of hydrogen-bond acceptors (Lipinski definition) is 5. The molecule has 0 atom stereocenters. The van der Waals surface area contributed by atoms with Gasteiger partial charge in [-0.3, -0.25) is 14.9 Å². The summed E-state index contributed by atoms with van der Waals surface area (Å²) >= 11 is 0. The van der Waals surface area contributed by atoms with Crippen LogP contribution in [-0.4, -0.2) is 22.2 Å². The molecule has 1 aromatic carbocycles. The lowest BCUT2D eigenvalue weighted by Gasteiger charge is -2.05. The quantitative estimate of drug-likeness (QED) is 0.467. The summed E-state index contributed by atoms with van der Waals surface area (Å²) in [5.41, 5.74) is 0.241. The van der Waals surface area contributed by atoms with E-state index >= 15 is 0 Å². The van der Waals surface area contributed by atoms with Gasteiger partial charge in [-0.05, 0) is 18.2 Å². The number of Topliss-reactive ketones (excluding diaryl/α,β-unsaturated/α-hetero) is 1. The van der Waals surface area contributed by atoms with Gasteiger partial charge in [0.05, 0.1) is 0 Å². The molecule has 1 aromatic heterocycles. The Hall–Kier alpha value is -2.76. The Morgan fingerprint density at radius 1 is 1.26 bits per heavy atom. The van der Waals surface area contributed by atoms with Gasteiger partial charge in [0.25, 0.3) is 6.54 Å². The third kappa shape index (κ3) is 3.60. The molecule has 0 saturated carbocycles. The first-order valence-corrected chi connectivity index (χ1v) is 5.49. The largest absolute Gasteiger partial charge is 0.439 e. The average molecular weight is 258 g/mol. The Balaban J connectivity index is 2.15. The molecule has 0 saturated heterocycles. The Morgan fingerprint density at radius 3 is 2.79 bits per heavy atom. The van der Waals surface area contributed by atoms with Crippen LogP contribution in [0.3, 0.4) is 0 Å². The second-order valence-electron chi connectivity index (χ2n) is 3.71. The van der Waals surface area contributed by atoms with Crippen molar-refractivity contribution < 1.29 is 14.5 Å². The second-order valence-corrected chi connectivity index (χ2v) is 3.71. The lowest BCUT2D eigenvalue weighted by atomic mass is 10.1. The van der Waals surface area contributed by atoms with E-state index < -0.39 is 17.3 Å². The van der Waals surface area contributed by atoms with E-state index in [2.05, 4.69) is 4.98 Å². The molecule has 0 aliphatic carbocycles. The van der Waals surface area contributed by atoms with Crippen LogP contribution in [0, 0.1) is 10.1 Å². The monoisotopic (exact) mass is 258 g/mol. The first kappa shape index (κ1) is 12.7. The van der Waals surface area contributed by atoms with Gasteiger partial charge in [0.1, 0.15) is 5.75 Å². The van der Waals surface area contributed by atoms with Crippen molar-refractivity contribution in [2.75, 3.05) is 6.54 Å². The second kappa shape index (κ2) is 5.72. The van der Waals surface area contributed by atoms with Crippen molar-refractivity contribution >= 4 is 5.78 Å². The average Bonchev–Trinajstić information content (AvgIpc) is 2.39. The topological polar surface area (TPSA) is 82.3 Å². The molecule has 6 heteroatoms. The smallest absolute Gasteiger partial charge is 0.265 e. The number of nitro groups is 1. The molecule has 0 fully saturated rings. The van der Waals surface area contributed by atoms with E-state index in [0.717, 1.165) is 0 Å². The van der Waals surface area contributed by atoms with Crippen LogP contribution in [0.25, 0.3) is 0 Å². The van der Waals surface area contributed by atoms with Crippen molar-refractivity contribution in [3.63, 3.8) is 0 Å². The fourth-order valence-corrected chi connectivity index (χ4v) is 1.47. The third-order valence-corrected chi connectivity index (χ3v) is 2.29. The molecule has 0 amide bonds. The van der Waals surface area contributed by atoms with Crippen LogP contribution >= 0.6 is 0 Å². The molecule has 0 bridgehead atoms. The molecular weight excluding hydrogens is 248 g/mol. The first-order chi connectivity index (χ1) is 9.15. The van der Waals surface area contributed by atoms with Crippen LogP contribution in [0.4, 0.5) is 0 Å². The van der Waals surface area contributed by atoms with E-state index in [1.54, 1.807) is 36.5 Å². The van der Waals surface area contributed by atoms with Gasteiger partial charge < -0.3 is 4.74 Å². The van der Waals surface area contributed by atoms with Crippen molar-refractivity contribution in [3.8, 4) is 11.6 Å². The number of pyridine rings is 1. The molecule has 2 aromatic rings.